The summed E-state index contributed by atoms with van der Waals surface area (Å²) in [6.45, 7) is 0. The number of ketones is 1. The number of carbonyl (C=O) groups is 2. The molecule has 0 spiro atoms. The van der Waals surface area contributed by atoms with Crippen molar-refractivity contribution in [2.45, 2.75) is 44.2 Å². The number of rotatable bonds is 3. The van der Waals surface area contributed by atoms with Gasteiger partial charge in [0, 0.05) is 16.6 Å². The van der Waals surface area contributed by atoms with Gasteiger partial charge in [0.15, 0.2) is 0 Å². The number of halogens is 2. The van der Waals surface area contributed by atoms with Crippen molar-refractivity contribution in [2.24, 2.45) is 0 Å². The molecule has 1 heterocycles. The number of Topliss-reactive ketones (excluding diaryl/α,β-unsaturated/α-hetero) is 1. The molecule has 0 radical (unpaired) electrons. The maximum Gasteiger partial charge on any atom is 0.295 e. The number of nitrogens with zero attached hydrogens (tertiary/aromatic N) is 1. The first-order valence-electron chi connectivity index (χ1n) is 9.93. The number of aliphatic hydroxyl groups is 1. The Labute approximate surface area is 184 Å². The van der Waals surface area contributed by atoms with E-state index in [2.05, 4.69) is 0 Å². The minimum absolute atomic E-state index is 0.0228. The fraction of sp³-hybridized carbons (Fsp3) is 0.304. The fourth-order valence-electron chi connectivity index (χ4n) is 4.37. The first-order valence-corrected chi connectivity index (χ1v) is 10.7. The van der Waals surface area contributed by atoms with Crippen LogP contribution >= 0.6 is 23.2 Å². The monoisotopic (exact) mass is 445 g/mol. The van der Waals surface area contributed by atoms with Crippen molar-refractivity contribution in [3.8, 4) is 5.75 Å². The zero-order chi connectivity index (χ0) is 21.4. The van der Waals surface area contributed by atoms with Gasteiger partial charge < -0.3 is 15.1 Å². The highest BCUT2D eigenvalue weighted by Gasteiger charge is 2.48. The largest absolute Gasteiger partial charge is 0.507 e. The predicted molar refractivity (Wildman–Crippen MR) is 116 cm³/mol. The molecule has 4 rings (SSSR count). The lowest BCUT2D eigenvalue weighted by atomic mass is 9.91. The van der Waals surface area contributed by atoms with Crippen LogP contribution in [-0.2, 0) is 9.59 Å². The van der Waals surface area contributed by atoms with Crippen LogP contribution in [0, 0.1) is 0 Å². The Kier molecular flexibility index (Phi) is 5.76. The average Bonchev–Trinajstić information content (AvgIpc) is 3.01. The summed E-state index contributed by atoms with van der Waals surface area (Å²) in [5.41, 5.74) is 0.989. The summed E-state index contributed by atoms with van der Waals surface area (Å²) in [6.07, 6.45) is 4.66. The molecule has 1 unspecified atom stereocenters. The van der Waals surface area contributed by atoms with Gasteiger partial charge in [-0.15, -0.1) is 0 Å². The van der Waals surface area contributed by atoms with Crippen molar-refractivity contribution in [2.75, 3.05) is 0 Å². The normalized spacial score (nSPS) is 21.9. The highest BCUT2D eigenvalue weighted by atomic mass is 35.5. The quantitative estimate of drug-likeness (QED) is 0.373. The zero-order valence-corrected chi connectivity index (χ0v) is 17.7. The SMILES string of the molecule is O=C1C(=O)N(C2CCCCC2)C(c2ccc(O)c(Cl)c2)/C1=C(/O)c1ccc(Cl)cc1. The Morgan fingerprint density at radius 3 is 2.27 bits per heavy atom. The summed E-state index contributed by atoms with van der Waals surface area (Å²) in [6, 6.07) is 10.2. The minimum atomic E-state index is -0.776. The maximum absolute atomic E-state index is 13.1. The number of likely N-dealkylation sites (tertiary alicyclic amines) is 1. The molecule has 2 N–H and O–H groups in total. The van der Waals surface area contributed by atoms with Crippen LogP contribution in [0.3, 0.4) is 0 Å². The molecule has 5 nitrogen and oxygen atoms in total. The van der Waals surface area contributed by atoms with Gasteiger partial charge in [-0.25, -0.2) is 0 Å². The van der Waals surface area contributed by atoms with E-state index in [1.54, 1.807) is 41.3 Å². The van der Waals surface area contributed by atoms with Gasteiger partial charge in [-0.05, 0) is 54.8 Å². The van der Waals surface area contributed by atoms with Crippen molar-refractivity contribution in [3.05, 3.63) is 69.2 Å². The Balaban J connectivity index is 1.88. The number of hydrogen-bond acceptors (Lipinski definition) is 4. The van der Waals surface area contributed by atoms with Crippen LogP contribution in [0.25, 0.3) is 5.76 Å². The Morgan fingerprint density at radius 2 is 1.63 bits per heavy atom. The third-order valence-corrected chi connectivity index (χ3v) is 6.41. The number of aromatic hydroxyl groups is 1. The molecule has 0 aromatic heterocycles. The fourth-order valence-corrected chi connectivity index (χ4v) is 4.68. The number of aliphatic hydroxyl groups excluding tert-OH is 1. The van der Waals surface area contributed by atoms with E-state index in [-0.39, 0.29) is 28.1 Å². The van der Waals surface area contributed by atoms with Crippen LogP contribution in [0.4, 0.5) is 0 Å². The standard InChI is InChI=1S/C23H21Cl2NO4/c24-15-9-6-13(7-10-15)21(28)19-20(14-8-11-18(27)17(25)12-14)26(23(30)22(19)29)16-4-2-1-3-5-16/h6-12,16,20,27-28H,1-5H2/b21-19-. The van der Waals surface area contributed by atoms with E-state index >= 15 is 0 Å². The molecule has 1 aliphatic carbocycles. The molecule has 2 aromatic rings. The van der Waals surface area contributed by atoms with Crippen molar-refractivity contribution >= 4 is 40.7 Å². The molecule has 30 heavy (non-hydrogen) atoms. The molecule has 7 heteroatoms. The number of phenols is 1. The van der Waals surface area contributed by atoms with Crippen LogP contribution in [0.5, 0.6) is 5.75 Å². The van der Waals surface area contributed by atoms with Crippen LogP contribution < -0.4 is 0 Å². The van der Waals surface area contributed by atoms with E-state index in [4.69, 9.17) is 23.2 Å². The lowest BCUT2D eigenvalue weighted by Crippen LogP contribution is -2.40. The summed E-state index contributed by atoms with van der Waals surface area (Å²) >= 11 is 12.1. The van der Waals surface area contributed by atoms with Gasteiger partial charge >= 0.3 is 0 Å². The first-order chi connectivity index (χ1) is 14.4. The van der Waals surface area contributed by atoms with Gasteiger partial charge in [0.05, 0.1) is 16.6 Å². The van der Waals surface area contributed by atoms with Crippen molar-refractivity contribution in [3.63, 3.8) is 0 Å². The summed E-state index contributed by atoms with van der Waals surface area (Å²) in [5, 5.41) is 21.5. The molecule has 1 amide bonds. The van der Waals surface area contributed by atoms with Gasteiger partial charge in [-0.3, -0.25) is 9.59 Å². The second-order valence-electron chi connectivity index (χ2n) is 7.72. The number of amides is 1. The van der Waals surface area contributed by atoms with E-state index in [9.17, 15) is 19.8 Å². The lowest BCUT2D eigenvalue weighted by Gasteiger charge is -2.35. The van der Waals surface area contributed by atoms with Crippen molar-refractivity contribution in [1.82, 2.24) is 4.90 Å². The Bertz CT molecular complexity index is 1030. The number of phenolic OH excluding ortho intramolecular Hbond substituents is 1. The van der Waals surface area contributed by atoms with Crippen LogP contribution in [0.1, 0.15) is 49.3 Å². The van der Waals surface area contributed by atoms with Crippen molar-refractivity contribution in [1.29, 1.82) is 0 Å². The van der Waals surface area contributed by atoms with Gasteiger partial charge in [0.1, 0.15) is 11.5 Å². The topological polar surface area (TPSA) is 77.8 Å². The lowest BCUT2D eigenvalue weighted by molar-refractivity contribution is -0.141. The third kappa shape index (κ3) is 3.68. The highest BCUT2D eigenvalue weighted by Crippen LogP contribution is 2.44. The van der Waals surface area contributed by atoms with Gasteiger partial charge in [-0.1, -0.05) is 48.5 Å². The number of benzene rings is 2. The molecule has 0 bridgehead atoms. The second kappa shape index (κ2) is 8.32. The van der Waals surface area contributed by atoms with Crippen LogP contribution in [0.2, 0.25) is 10.0 Å². The molecule has 1 saturated carbocycles. The Hall–Kier alpha value is -2.50. The predicted octanol–water partition coefficient (Wildman–Crippen LogP) is 5.45. The van der Waals surface area contributed by atoms with E-state index in [1.807, 2.05) is 0 Å². The van der Waals surface area contributed by atoms with E-state index in [0.717, 1.165) is 32.1 Å². The van der Waals surface area contributed by atoms with Gasteiger partial charge in [-0.2, -0.15) is 0 Å². The average molecular weight is 446 g/mol. The molecule has 2 fully saturated rings. The molecule has 2 aliphatic rings. The molecule has 1 atom stereocenters. The summed E-state index contributed by atoms with van der Waals surface area (Å²) < 4.78 is 0. The maximum atomic E-state index is 13.1. The number of carbonyl (C=O) groups excluding carboxylic acids is 2. The first kappa shape index (κ1) is 20.8. The summed E-state index contributed by atoms with van der Waals surface area (Å²) in [4.78, 5) is 27.7. The summed E-state index contributed by atoms with van der Waals surface area (Å²) in [7, 11) is 0. The molecular weight excluding hydrogens is 425 g/mol. The highest BCUT2D eigenvalue weighted by molar-refractivity contribution is 6.46. The van der Waals surface area contributed by atoms with E-state index in [0.29, 0.717) is 16.1 Å². The third-order valence-electron chi connectivity index (χ3n) is 5.85. The molecular formula is C23H21Cl2NO4. The van der Waals surface area contributed by atoms with E-state index < -0.39 is 17.7 Å². The zero-order valence-electron chi connectivity index (χ0n) is 16.1. The molecule has 156 valence electrons. The second-order valence-corrected chi connectivity index (χ2v) is 8.56. The van der Waals surface area contributed by atoms with E-state index in [1.165, 1.54) is 6.07 Å². The smallest absolute Gasteiger partial charge is 0.295 e. The van der Waals surface area contributed by atoms with Crippen molar-refractivity contribution < 1.29 is 19.8 Å². The van der Waals surface area contributed by atoms with Crippen LogP contribution in [0.15, 0.2) is 48.0 Å². The Morgan fingerprint density at radius 1 is 0.967 bits per heavy atom. The summed E-state index contributed by atoms with van der Waals surface area (Å²) in [5.74, 6) is -1.68. The van der Waals surface area contributed by atoms with Gasteiger partial charge in [0.25, 0.3) is 11.7 Å². The molecule has 1 aliphatic heterocycles. The molecule has 1 saturated heterocycles. The molecule has 2 aromatic carbocycles. The minimum Gasteiger partial charge on any atom is -0.507 e. The van der Waals surface area contributed by atoms with Crippen LogP contribution in [-0.4, -0.2) is 32.8 Å². The van der Waals surface area contributed by atoms with Gasteiger partial charge in [0.2, 0.25) is 0 Å². The number of hydrogen-bond donors (Lipinski definition) is 2.